The van der Waals surface area contributed by atoms with Gasteiger partial charge in [-0.1, -0.05) is 6.58 Å². The number of esters is 1. The first-order valence-electron chi connectivity index (χ1n) is 9.69. The van der Waals surface area contributed by atoms with E-state index in [2.05, 4.69) is 16.1 Å². The quantitative estimate of drug-likeness (QED) is 0.0890. The molecule has 0 fully saturated rings. The second kappa shape index (κ2) is 11.2. The Kier molecular flexibility index (Phi) is 10.6. The Morgan fingerprint density at radius 2 is 1.47 bits per heavy atom. The summed E-state index contributed by atoms with van der Waals surface area (Å²) in [6, 6.07) is -1.68. The fraction of sp³-hybridized carbons (Fsp3) is 0.778. The maximum Gasteiger partial charge on any atom is 0.466 e. The van der Waals surface area contributed by atoms with Crippen LogP contribution in [0.3, 0.4) is 0 Å². The van der Waals surface area contributed by atoms with Gasteiger partial charge in [0.05, 0.1) is 6.61 Å². The molecule has 0 bridgehead atoms. The van der Waals surface area contributed by atoms with E-state index in [0.717, 1.165) is 0 Å². The first kappa shape index (κ1) is 32.1. The third kappa shape index (κ3) is 7.04. The molecule has 1 atom stereocenters. The number of carbonyl (C=O) groups is 2. The lowest BCUT2D eigenvalue weighted by Crippen LogP contribution is -2.64. The summed E-state index contributed by atoms with van der Waals surface area (Å²) in [5, 5.41) is -5.96. The molecule has 0 aromatic carbocycles. The number of carbonyl (C=O) groups excluding carboxylic acids is 2. The Morgan fingerprint density at radius 1 is 1.00 bits per heavy atom. The van der Waals surface area contributed by atoms with E-state index in [1.54, 1.807) is 0 Å². The molecular weight excluding hydrogens is 507 g/mol. The molecule has 0 aliphatic rings. The van der Waals surface area contributed by atoms with Crippen LogP contribution in [0.25, 0.3) is 0 Å². The molecule has 0 aromatic heterocycles. The number of hydrogen-bond acceptors (Lipinski definition) is 7. The Morgan fingerprint density at radius 3 is 1.82 bits per heavy atom. The highest BCUT2D eigenvalue weighted by molar-refractivity contribution is 7.86. The molecule has 1 unspecified atom stereocenters. The van der Waals surface area contributed by atoms with Gasteiger partial charge in [0.1, 0.15) is 0 Å². The van der Waals surface area contributed by atoms with E-state index >= 15 is 0 Å². The summed E-state index contributed by atoms with van der Waals surface area (Å²) in [4.78, 5) is 25.2. The number of hydrogen-bond donors (Lipinski definition) is 0. The summed E-state index contributed by atoms with van der Waals surface area (Å²) in [5.74, 6) is -13.1. The number of unbranched alkanes of at least 4 members (excludes halogenated alkanes) is 1. The molecule has 0 saturated carbocycles. The van der Waals surface area contributed by atoms with Gasteiger partial charge in [-0.2, -0.15) is 30.7 Å². The molecular formula is C18H25F7NO7S-. The first-order chi connectivity index (χ1) is 15.1. The highest BCUT2D eigenvalue weighted by atomic mass is 32.2. The minimum atomic E-state index is -6.73. The predicted octanol–water partition coefficient (Wildman–Crippen LogP) is 3.58. The molecule has 0 heterocycles. The highest BCUT2D eigenvalue weighted by Crippen LogP contribution is 2.42. The first-order valence-corrected chi connectivity index (χ1v) is 11.1. The van der Waals surface area contributed by atoms with Crippen LogP contribution in [-0.2, 0) is 29.2 Å². The SMILES string of the molecule is C=CC(=O)OC(OCCCCC(F)(F)C(F)(F)S(=O)(=O)[O-])(C(=O)N(C(C)C)C(C)C)C(F)(F)F. The summed E-state index contributed by atoms with van der Waals surface area (Å²) in [7, 11) is -6.73. The van der Waals surface area contributed by atoms with Gasteiger partial charge in [0.2, 0.25) is 0 Å². The standard InChI is InChI=1S/C18H26F7NO7S/c1-6-13(27)33-16(17(21,22)23,14(28)26(11(2)3)12(4)5)32-10-8-7-9-15(19,20)18(24,25)34(29,30)31/h6,11-12H,1,7-10H2,2-5H3,(H,29,30,31)/p-1. The van der Waals surface area contributed by atoms with Gasteiger partial charge in [-0.3, -0.25) is 4.79 Å². The van der Waals surface area contributed by atoms with Crippen LogP contribution in [0.5, 0.6) is 0 Å². The van der Waals surface area contributed by atoms with Gasteiger partial charge in [-0.25, -0.2) is 13.2 Å². The van der Waals surface area contributed by atoms with Crippen molar-refractivity contribution in [1.29, 1.82) is 0 Å². The van der Waals surface area contributed by atoms with Gasteiger partial charge in [0.25, 0.3) is 0 Å². The lowest BCUT2D eigenvalue weighted by Gasteiger charge is -2.40. The summed E-state index contributed by atoms with van der Waals surface area (Å²) < 4.78 is 135. The molecule has 200 valence electrons. The van der Waals surface area contributed by atoms with Crippen molar-refractivity contribution in [2.75, 3.05) is 6.61 Å². The van der Waals surface area contributed by atoms with E-state index in [-0.39, 0.29) is 0 Å². The van der Waals surface area contributed by atoms with Gasteiger partial charge in [-0.15, -0.1) is 0 Å². The maximum atomic E-state index is 14.0. The molecule has 0 radical (unpaired) electrons. The lowest BCUT2D eigenvalue weighted by molar-refractivity contribution is -0.351. The molecule has 34 heavy (non-hydrogen) atoms. The zero-order valence-corrected chi connectivity index (χ0v) is 19.4. The third-order valence-corrected chi connectivity index (χ3v) is 5.27. The normalized spacial score (nSPS) is 15.2. The highest BCUT2D eigenvalue weighted by Gasteiger charge is 2.67. The van der Waals surface area contributed by atoms with E-state index in [1.807, 2.05) is 0 Å². The largest absolute Gasteiger partial charge is 0.743 e. The van der Waals surface area contributed by atoms with E-state index in [4.69, 9.17) is 0 Å². The topological polar surface area (TPSA) is 113 Å². The van der Waals surface area contributed by atoms with Gasteiger partial charge in [0, 0.05) is 24.6 Å². The molecule has 1 amide bonds. The minimum Gasteiger partial charge on any atom is -0.743 e. The van der Waals surface area contributed by atoms with Crippen LogP contribution in [-0.4, -0.2) is 71.6 Å². The molecule has 8 nitrogen and oxygen atoms in total. The van der Waals surface area contributed by atoms with E-state index < -0.39 is 83.1 Å². The Labute approximate surface area is 191 Å². The summed E-state index contributed by atoms with van der Waals surface area (Å²) in [5.41, 5.74) is 0. The molecule has 0 saturated heterocycles. The van der Waals surface area contributed by atoms with Crippen LogP contribution in [0, 0.1) is 0 Å². The summed E-state index contributed by atoms with van der Waals surface area (Å²) >= 11 is 0. The number of halogens is 7. The van der Waals surface area contributed by atoms with Crippen molar-refractivity contribution in [1.82, 2.24) is 4.90 Å². The van der Waals surface area contributed by atoms with Crippen LogP contribution in [0.4, 0.5) is 30.7 Å². The fourth-order valence-corrected chi connectivity index (χ4v) is 3.28. The monoisotopic (exact) mass is 532 g/mol. The fourth-order valence-electron chi connectivity index (χ4n) is 2.81. The van der Waals surface area contributed by atoms with Gasteiger partial charge >= 0.3 is 35.0 Å². The second-order valence-corrected chi connectivity index (χ2v) is 9.04. The van der Waals surface area contributed by atoms with Crippen molar-refractivity contribution in [3.05, 3.63) is 12.7 Å². The number of nitrogens with zero attached hydrogens (tertiary/aromatic N) is 1. The minimum absolute atomic E-state index is 0.318. The van der Waals surface area contributed by atoms with Gasteiger partial charge < -0.3 is 18.9 Å². The van der Waals surface area contributed by atoms with E-state index in [1.165, 1.54) is 27.7 Å². The van der Waals surface area contributed by atoms with Crippen LogP contribution in [0.1, 0.15) is 47.0 Å². The van der Waals surface area contributed by atoms with Crippen LogP contribution >= 0.6 is 0 Å². The van der Waals surface area contributed by atoms with E-state index in [0.29, 0.717) is 11.0 Å². The smallest absolute Gasteiger partial charge is 0.466 e. The van der Waals surface area contributed by atoms with Crippen LogP contribution < -0.4 is 0 Å². The summed E-state index contributed by atoms with van der Waals surface area (Å²) in [6.45, 7) is 7.17. The Bertz CT molecular complexity index is 836. The average Bonchev–Trinajstić information content (AvgIpc) is 2.63. The van der Waals surface area contributed by atoms with Crippen molar-refractivity contribution in [3.8, 4) is 0 Å². The lowest BCUT2D eigenvalue weighted by atomic mass is 10.1. The molecule has 0 aromatic rings. The van der Waals surface area contributed by atoms with Crippen LogP contribution in [0.2, 0.25) is 0 Å². The molecule has 0 aliphatic heterocycles. The van der Waals surface area contributed by atoms with Gasteiger partial charge in [-0.05, 0) is 40.5 Å². The Hall–Kier alpha value is -1.94. The van der Waals surface area contributed by atoms with Crippen molar-refractivity contribution in [2.24, 2.45) is 0 Å². The average molecular weight is 532 g/mol. The number of ether oxygens (including phenoxy) is 2. The third-order valence-electron chi connectivity index (χ3n) is 4.34. The second-order valence-electron chi connectivity index (χ2n) is 7.62. The zero-order valence-electron chi connectivity index (χ0n) is 18.6. The van der Waals surface area contributed by atoms with Gasteiger partial charge in [0.15, 0.2) is 10.1 Å². The maximum absolute atomic E-state index is 14.0. The predicted molar refractivity (Wildman–Crippen MR) is 102 cm³/mol. The molecule has 16 heteroatoms. The molecule has 0 aliphatic carbocycles. The van der Waals surface area contributed by atoms with Crippen molar-refractivity contribution in [3.63, 3.8) is 0 Å². The van der Waals surface area contributed by atoms with Crippen molar-refractivity contribution in [2.45, 2.75) is 82.2 Å². The zero-order chi connectivity index (χ0) is 27.3. The number of alkyl halides is 7. The molecule has 0 rings (SSSR count). The molecule has 0 N–H and O–H groups in total. The van der Waals surface area contributed by atoms with Crippen LogP contribution in [0.15, 0.2) is 12.7 Å². The van der Waals surface area contributed by atoms with Crippen molar-refractivity contribution >= 4 is 22.0 Å². The number of rotatable bonds is 13. The van der Waals surface area contributed by atoms with Crippen molar-refractivity contribution < 1.29 is 62.8 Å². The van der Waals surface area contributed by atoms with E-state index in [9.17, 15) is 53.3 Å². The number of amides is 1. The Balaban J connectivity index is 5.84. The summed E-state index contributed by atoms with van der Waals surface area (Å²) in [6.07, 6.45) is -9.15. The molecule has 0 spiro atoms.